The van der Waals surface area contributed by atoms with Gasteiger partial charge in [0, 0.05) is 42.7 Å². The predicted octanol–water partition coefficient (Wildman–Crippen LogP) is 1.98. The van der Waals surface area contributed by atoms with E-state index in [-0.39, 0.29) is 12.2 Å². The highest BCUT2D eigenvalue weighted by molar-refractivity contribution is 5.07. The molecule has 0 radical (unpaired) electrons. The van der Waals surface area contributed by atoms with Crippen LogP contribution in [0.5, 0.6) is 0 Å². The minimum Gasteiger partial charge on any atom is -0.345 e. The van der Waals surface area contributed by atoms with E-state index in [2.05, 4.69) is 0 Å². The zero-order valence-corrected chi connectivity index (χ0v) is 17.7. The Morgan fingerprint density at radius 1 is 0.667 bits per heavy atom. The molecule has 2 aliphatic rings. The summed E-state index contributed by atoms with van der Waals surface area (Å²) >= 11 is 0. The normalized spacial score (nSPS) is 33.3. The van der Waals surface area contributed by atoms with Gasteiger partial charge >= 0.3 is 11.9 Å². The Labute approximate surface area is 161 Å². The second-order valence-electron chi connectivity index (χ2n) is 6.56. The van der Waals surface area contributed by atoms with Crippen molar-refractivity contribution in [2.45, 2.75) is 75.3 Å². The summed E-state index contributed by atoms with van der Waals surface area (Å²) in [6, 6.07) is 0. The van der Waals surface area contributed by atoms with E-state index in [4.69, 9.17) is 42.6 Å². The molecule has 2 aliphatic heterocycles. The van der Waals surface area contributed by atoms with Gasteiger partial charge in [0.15, 0.2) is 0 Å². The van der Waals surface area contributed by atoms with Gasteiger partial charge in [-0.05, 0) is 12.8 Å². The van der Waals surface area contributed by atoms with Gasteiger partial charge in [0.2, 0.25) is 0 Å². The molecule has 9 heteroatoms. The predicted molar refractivity (Wildman–Crippen MR) is 93.6 cm³/mol. The first-order valence-electron chi connectivity index (χ1n) is 9.27. The van der Waals surface area contributed by atoms with E-state index < -0.39 is 23.5 Å². The van der Waals surface area contributed by atoms with Gasteiger partial charge in [0.25, 0.3) is 11.6 Å². The summed E-state index contributed by atoms with van der Waals surface area (Å²) in [4.78, 5) is 0. The van der Waals surface area contributed by atoms with Crippen LogP contribution < -0.4 is 0 Å². The van der Waals surface area contributed by atoms with Crippen molar-refractivity contribution in [1.29, 1.82) is 0 Å². The van der Waals surface area contributed by atoms with Gasteiger partial charge in [-0.25, -0.2) is 0 Å². The van der Waals surface area contributed by atoms with Crippen molar-refractivity contribution in [3.05, 3.63) is 0 Å². The third-order valence-corrected chi connectivity index (χ3v) is 5.27. The molecule has 0 amide bonds. The van der Waals surface area contributed by atoms with E-state index in [9.17, 15) is 0 Å². The highest BCUT2D eigenvalue weighted by atomic mass is 17.0. The van der Waals surface area contributed by atoms with Crippen LogP contribution in [0.15, 0.2) is 0 Å². The van der Waals surface area contributed by atoms with Crippen LogP contribution in [0.25, 0.3) is 0 Å². The van der Waals surface area contributed by atoms with Crippen molar-refractivity contribution in [2.24, 2.45) is 0 Å². The highest BCUT2D eigenvalue weighted by Crippen LogP contribution is 2.57. The van der Waals surface area contributed by atoms with Crippen molar-refractivity contribution in [2.75, 3.05) is 42.7 Å². The second kappa shape index (κ2) is 8.56. The number of methoxy groups -OCH3 is 6. The Morgan fingerprint density at radius 2 is 1.00 bits per heavy atom. The maximum atomic E-state index is 6.22. The first-order chi connectivity index (χ1) is 12.9. The Balaban J connectivity index is 2.39. The molecule has 2 rings (SSSR count). The molecule has 0 saturated carbocycles. The molecule has 27 heavy (non-hydrogen) atoms. The quantitative estimate of drug-likeness (QED) is 0.324. The summed E-state index contributed by atoms with van der Waals surface area (Å²) in [5.41, 5.74) is 0. The van der Waals surface area contributed by atoms with Gasteiger partial charge in [-0.1, -0.05) is 26.7 Å². The van der Waals surface area contributed by atoms with E-state index in [1.54, 1.807) is 0 Å². The molecule has 0 bridgehead atoms. The van der Waals surface area contributed by atoms with Crippen LogP contribution in [-0.4, -0.2) is 78.4 Å². The topological polar surface area (TPSA) is 89.7 Å². The molecule has 2 saturated heterocycles. The molecule has 9 nitrogen and oxygen atoms in total. The highest BCUT2D eigenvalue weighted by Gasteiger charge is 2.81. The standard InChI is InChI=1S/C18H34O9/c1-9-11-13-15(19-3,25-13)17(21-5,22-6)27-18(23-7,24-8)16(20-4)14(26-16)12-10-2/h13-14H,9-12H2,1-8H3. The van der Waals surface area contributed by atoms with E-state index >= 15 is 0 Å². The number of ether oxygens (including phenoxy) is 9. The van der Waals surface area contributed by atoms with Crippen LogP contribution in [0, 0.1) is 0 Å². The average Bonchev–Trinajstić information content (AvgIpc) is 3.60. The zero-order chi connectivity index (χ0) is 20.3. The minimum absolute atomic E-state index is 0.274. The van der Waals surface area contributed by atoms with E-state index in [0.717, 1.165) is 25.7 Å². The van der Waals surface area contributed by atoms with Crippen LogP contribution >= 0.6 is 0 Å². The van der Waals surface area contributed by atoms with Crippen LogP contribution in [0.4, 0.5) is 0 Å². The fourth-order valence-electron chi connectivity index (χ4n) is 3.75. The van der Waals surface area contributed by atoms with Gasteiger partial charge in [0.1, 0.15) is 12.2 Å². The molecule has 0 aromatic heterocycles. The van der Waals surface area contributed by atoms with Gasteiger partial charge in [-0.3, -0.25) is 4.74 Å². The van der Waals surface area contributed by atoms with Gasteiger partial charge < -0.3 is 37.9 Å². The first kappa shape index (κ1) is 22.9. The Bertz CT molecular complexity index is 437. The van der Waals surface area contributed by atoms with Crippen molar-refractivity contribution in [3.8, 4) is 0 Å². The largest absolute Gasteiger partial charge is 0.347 e. The summed E-state index contributed by atoms with van der Waals surface area (Å²) in [5.74, 6) is -6.11. The SMILES string of the molecule is CCCC1OC1(OC)C(OC)(OC)OC(OC)(OC)C1(OC)OC1CCC. The van der Waals surface area contributed by atoms with E-state index in [1.165, 1.54) is 42.7 Å². The lowest BCUT2D eigenvalue weighted by atomic mass is 10.1. The molecule has 4 atom stereocenters. The van der Waals surface area contributed by atoms with Crippen molar-refractivity contribution < 1.29 is 42.6 Å². The van der Waals surface area contributed by atoms with Gasteiger partial charge in [-0.2, -0.15) is 0 Å². The molecule has 2 fully saturated rings. The number of hydrogen-bond donors (Lipinski definition) is 0. The third kappa shape index (κ3) is 3.33. The summed E-state index contributed by atoms with van der Waals surface area (Å²) in [6.07, 6.45) is 2.71. The summed E-state index contributed by atoms with van der Waals surface area (Å²) < 4.78 is 51.7. The lowest BCUT2D eigenvalue weighted by Crippen LogP contribution is -2.64. The number of epoxide rings is 2. The monoisotopic (exact) mass is 394 g/mol. The summed E-state index contributed by atoms with van der Waals surface area (Å²) in [5, 5.41) is 0. The average molecular weight is 394 g/mol. The molecule has 0 N–H and O–H groups in total. The Morgan fingerprint density at radius 3 is 1.22 bits per heavy atom. The fourth-order valence-corrected chi connectivity index (χ4v) is 3.75. The van der Waals surface area contributed by atoms with Crippen molar-refractivity contribution in [1.82, 2.24) is 0 Å². The van der Waals surface area contributed by atoms with Gasteiger partial charge in [0.05, 0.1) is 0 Å². The molecule has 0 spiro atoms. The number of rotatable bonds is 14. The van der Waals surface area contributed by atoms with Gasteiger partial charge in [-0.15, -0.1) is 0 Å². The van der Waals surface area contributed by atoms with Crippen molar-refractivity contribution in [3.63, 3.8) is 0 Å². The first-order valence-corrected chi connectivity index (χ1v) is 9.27. The summed E-state index contributed by atoms with van der Waals surface area (Å²) in [6.45, 7) is 4.10. The van der Waals surface area contributed by atoms with Crippen LogP contribution in [-0.2, 0) is 42.6 Å². The van der Waals surface area contributed by atoms with Crippen LogP contribution in [0.1, 0.15) is 39.5 Å². The molecule has 4 unspecified atom stereocenters. The third-order valence-electron chi connectivity index (χ3n) is 5.27. The maximum Gasteiger partial charge on any atom is 0.347 e. The second-order valence-corrected chi connectivity index (χ2v) is 6.56. The minimum atomic E-state index is -1.78. The molecule has 160 valence electrons. The number of hydrogen-bond acceptors (Lipinski definition) is 9. The van der Waals surface area contributed by atoms with Crippen LogP contribution in [0.3, 0.4) is 0 Å². The Kier molecular flexibility index (Phi) is 7.27. The maximum absolute atomic E-state index is 6.22. The lowest BCUT2D eigenvalue weighted by molar-refractivity contribution is -0.544. The van der Waals surface area contributed by atoms with E-state index in [0.29, 0.717) is 0 Å². The zero-order valence-electron chi connectivity index (χ0n) is 17.7. The Hall–Kier alpha value is -0.360. The smallest absolute Gasteiger partial charge is 0.345 e. The summed E-state index contributed by atoms with van der Waals surface area (Å²) in [7, 11) is 8.74. The van der Waals surface area contributed by atoms with Crippen LogP contribution in [0.2, 0.25) is 0 Å². The van der Waals surface area contributed by atoms with Crippen molar-refractivity contribution >= 4 is 0 Å². The molecule has 0 aliphatic carbocycles. The fraction of sp³-hybridized carbons (Fsp3) is 1.00. The molecular formula is C18H34O9. The molecular weight excluding hydrogens is 360 g/mol. The lowest BCUT2D eigenvalue weighted by Gasteiger charge is -2.43. The molecule has 0 aromatic rings. The van der Waals surface area contributed by atoms with E-state index in [1.807, 2.05) is 13.8 Å². The molecule has 2 heterocycles. The molecule has 0 aromatic carbocycles.